The first-order valence-corrected chi connectivity index (χ1v) is 8.14. The van der Waals surface area contributed by atoms with Crippen molar-refractivity contribution in [2.75, 3.05) is 0 Å². The molecule has 1 fully saturated rings. The topological polar surface area (TPSA) is 74.6 Å². The van der Waals surface area contributed by atoms with Crippen molar-refractivity contribution in [1.29, 1.82) is 0 Å². The molecule has 0 radical (unpaired) electrons. The summed E-state index contributed by atoms with van der Waals surface area (Å²) >= 11 is 0. The number of aliphatic carboxylic acids is 2. The van der Waals surface area contributed by atoms with Gasteiger partial charge in [0.05, 0.1) is 5.92 Å². The van der Waals surface area contributed by atoms with Crippen molar-refractivity contribution in [3.63, 3.8) is 0 Å². The third kappa shape index (κ3) is 2.58. The molecule has 0 bridgehead atoms. The average Bonchev–Trinajstić information content (AvgIpc) is 2.62. The third-order valence-electron chi connectivity index (χ3n) is 5.17. The number of carboxylic acid groups (broad SMARTS) is 2. The molecule has 0 saturated heterocycles. The van der Waals surface area contributed by atoms with Crippen molar-refractivity contribution < 1.29 is 19.8 Å². The molecule has 1 saturated carbocycles. The highest BCUT2D eigenvalue weighted by Gasteiger charge is 2.54. The summed E-state index contributed by atoms with van der Waals surface area (Å²) in [5.74, 6) is -3.18. The quantitative estimate of drug-likeness (QED) is 0.899. The van der Waals surface area contributed by atoms with Gasteiger partial charge >= 0.3 is 11.9 Å². The molecular formula is C20H20O4. The third-order valence-corrected chi connectivity index (χ3v) is 5.17. The molecular weight excluding hydrogens is 304 g/mol. The first-order chi connectivity index (χ1) is 11.6. The van der Waals surface area contributed by atoms with Crippen molar-refractivity contribution in [1.82, 2.24) is 0 Å². The Kier molecular flexibility index (Phi) is 4.38. The molecule has 0 aliphatic heterocycles. The predicted molar refractivity (Wildman–Crippen MR) is 89.9 cm³/mol. The highest BCUT2D eigenvalue weighted by Crippen LogP contribution is 2.52. The fourth-order valence-electron chi connectivity index (χ4n) is 4.13. The van der Waals surface area contributed by atoms with Crippen LogP contribution in [0.3, 0.4) is 0 Å². The molecule has 3 unspecified atom stereocenters. The molecule has 3 rings (SSSR count). The largest absolute Gasteiger partial charge is 0.481 e. The molecule has 2 aromatic rings. The lowest BCUT2D eigenvalue weighted by Gasteiger charge is -2.44. The van der Waals surface area contributed by atoms with E-state index in [0.29, 0.717) is 24.8 Å². The summed E-state index contributed by atoms with van der Waals surface area (Å²) < 4.78 is 0. The standard InChI is InChI=1S/C20H20O4/c21-18(22)16-12-7-13-20(19(23)24,15-10-5-2-6-11-15)17(16)14-8-3-1-4-9-14/h1-6,8-11,16-17H,7,12-13H2,(H,21,22)(H,23,24). The van der Waals surface area contributed by atoms with Gasteiger partial charge in [0.15, 0.2) is 0 Å². The molecule has 2 aromatic carbocycles. The molecule has 1 aliphatic carbocycles. The molecule has 4 nitrogen and oxygen atoms in total. The maximum atomic E-state index is 12.4. The molecule has 0 aromatic heterocycles. The Morgan fingerprint density at radius 2 is 1.50 bits per heavy atom. The van der Waals surface area contributed by atoms with E-state index < -0.39 is 29.2 Å². The number of hydrogen-bond donors (Lipinski definition) is 2. The minimum absolute atomic E-state index is 0.440. The highest BCUT2D eigenvalue weighted by atomic mass is 16.4. The van der Waals surface area contributed by atoms with E-state index in [9.17, 15) is 19.8 Å². The van der Waals surface area contributed by atoms with Crippen LogP contribution in [0.25, 0.3) is 0 Å². The summed E-state index contributed by atoms with van der Waals surface area (Å²) in [6.07, 6.45) is 1.52. The van der Waals surface area contributed by atoms with Gasteiger partial charge in [0.25, 0.3) is 0 Å². The van der Waals surface area contributed by atoms with Crippen molar-refractivity contribution in [3.05, 3.63) is 71.8 Å². The van der Waals surface area contributed by atoms with E-state index in [4.69, 9.17) is 0 Å². The molecule has 2 N–H and O–H groups in total. The van der Waals surface area contributed by atoms with Crippen LogP contribution in [0.5, 0.6) is 0 Å². The molecule has 0 heterocycles. The second-order valence-corrected chi connectivity index (χ2v) is 6.37. The lowest BCUT2D eigenvalue weighted by Crippen LogP contribution is -2.49. The normalized spacial score (nSPS) is 26.7. The van der Waals surface area contributed by atoms with Crippen LogP contribution in [-0.4, -0.2) is 22.2 Å². The van der Waals surface area contributed by atoms with E-state index in [0.717, 1.165) is 5.56 Å². The monoisotopic (exact) mass is 324 g/mol. The van der Waals surface area contributed by atoms with Crippen molar-refractivity contribution in [2.45, 2.75) is 30.6 Å². The lowest BCUT2D eigenvalue weighted by molar-refractivity contribution is -0.152. The van der Waals surface area contributed by atoms with Gasteiger partial charge in [-0.05, 0) is 24.0 Å². The molecule has 4 heteroatoms. The van der Waals surface area contributed by atoms with E-state index in [1.165, 1.54) is 0 Å². The average molecular weight is 324 g/mol. The number of rotatable bonds is 4. The lowest BCUT2D eigenvalue weighted by atomic mass is 9.56. The highest BCUT2D eigenvalue weighted by molar-refractivity contribution is 5.85. The summed E-state index contributed by atoms with van der Waals surface area (Å²) in [5, 5.41) is 19.9. The maximum absolute atomic E-state index is 12.4. The second kappa shape index (κ2) is 6.48. The second-order valence-electron chi connectivity index (χ2n) is 6.37. The van der Waals surface area contributed by atoms with Gasteiger partial charge in [-0.3, -0.25) is 9.59 Å². The first kappa shape index (κ1) is 16.2. The van der Waals surface area contributed by atoms with Crippen LogP contribution in [0.4, 0.5) is 0 Å². The van der Waals surface area contributed by atoms with Crippen LogP contribution in [-0.2, 0) is 15.0 Å². The van der Waals surface area contributed by atoms with E-state index in [-0.39, 0.29) is 0 Å². The summed E-state index contributed by atoms with van der Waals surface area (Å²) in [7, 11) is 0. The number of carbonyl (C=O) groups is 2. The summed E-state index contributed by atoms with van der Waals surface area (Å²) in [4.78, 5) is 24.3. The van der Waals surface area contributed by atoms with Crippen LogP contribution in [0.1, 0.15) is 36.3 Å². The van der Waals surface area contributed by atoms with E-state index in [2.05, 4.69) is 0 Å². The fraction of sp³-hybridized carbons (Fsp3) is 0.300. The Morgan fingerprint density at radius 1 is 0.917 bits per heavy atom. The van der Waals surface area contributed by atoms with Gasteiger partial charge in [-0.15, -0.1) is 0 Å². The number of benzene rings is 2. The number of carboxylic acids is 2. The Morgan fingerprint density at radius 3 is 2.04 bits per heavy atom. The predicted octanol–water partition coefficient (Wildman–Crippen LogP) is 3.68. The van der Waals surface area contributed by atoms with Crippen LogP contribution in [0.15, 0.2) is 60.7 Å². The van der Waals surface area contributed by atoms with Gasteiger partial charge in [0.2, 0.25) is 0 Å². The van der Waals surface area contributed by atoms with Crippen molar-refractivity contribution in [2.24, 2.45) is 5.92 Å². The van der Waals surface area contributed by atoms with Gasteiger partial charge in [0, 0.05) is 5.92 Å². The maximum Gasteiger partial charge on any atom is 0.314 e. The zero-order valence-corrected chi connectivity index (χ0v) is 13.3. The Hall–Kier alpha value is -2.62. The van der Waals surface area contributed by atoms with Crippen LogP contribution >= 0.6 is 0 Å². The van der Waals surface area contributed by atoms with E-state index in [1.54, 1.807) is 12.1 Å². The zero-order chi connectivity index (χ0) is 17.2. The van der Waals surface area contributed by atoms with Gasteiger partial charge in [0.1, 0.15) is 5.41 Å². The van der Waals surface area contributed by atoms with Gasteiger partial charge in [-0.2, -0.15) is 0 Å². The molecule has 124 valence electrons. The van der Waals surface area contributed by atoms with E-state index >= 15 is 0 Å². The molecule has 1 aliphatic rings. The van der Waals surface area contributed by atoms with Crippen LogP contribution in [0, 0.1) is 5.92 Å². The minimum Gasteiger partial charge on any atom is -0.481 e. The SMILES string of the molecule is O=C(O)C1CCCC(C(=O)O)(c2ccccc2)C1c1ccccc1. The fourth-order valence-corrected chi connectivity index (χ4v) is 4.13. The first-order valence-electron chi connectivity index (χ1n) is 8.14. The van der Waals surface area contributed by atoms with Gasteiger partial charge < -0.3 is 10.2 Å². The smallest absolute Gasteiger partial charge is 0.314 e. The summed E-state index contributed by atoms with van der Waals surface area (Å²) in [6, 6.07) is 18.3. The Balaban J connectivity index is 2.24. The Labute approximate surface area is 140 Å². The molecule has 24 heavy (non-hydrogen) atoms. The summed E-state index contributed by atoms with van der Waals surface area (Å²) in [5.41, 5.74) is 0.234. The van der Waals surface area contributed by atoms with Gasteiger partial charge in [-0.25, -0.2) is 0 Å². The van der Waals surface area contributed by atoms with Crippen LogP contribution in [0.2, 0.25) is 0 Å². The Bertz CT molecular complexity index is 726. The number of hydrogen-bond acceptors (Lipinski definition) is 2. The van der Waals surface area contributed by atoms with E-state index in [1.807, 2.05) is 48.5 Å². The van der Waals surface area contributed by atoms with Crippen molar-refractivity contribution in [3.8, 4) is 0 Å². The minimum atomic E-state index is -1.22. The molecule has 3 atom stereocenters. The molecule has 0 amide bonds. The summed E-state index contributed by atoms with van der Waals surface area (Å²) in [6.45, 7) is 0. The van der Waals surface area contributed by atoms with Crippen LogP contribution < -0.4 is 0 Å². The van der Waals surface area contributed by atoms with Gasteiger partial charge in [-0.1, -0.05) is 67.1 Å². The molecule has 0 spiro atoms. The zero-order valence-electron chi connectivity index (χ0n) is 13.3. The van der Waals surface area contributed by atoms with Crippen molar-refractivity contribution >= 4 is 11.9 Å².